The Morgan fingerprint density at radius 2 is 1.85 bits per heavy atom. The fraction of sp³-hybridized carbons (Fsp3) is 0.875. The van der Waals surface area contributed by atoms with E-state index in [1.54, 1.807) is 6.33 Å². The number of rotatable bonds is 4. The van der Waals surface area contributed by atoms with Crippen molar-refractivity contribution in [2.45, 2.75) is 79.4 Å². The van der Waals surface area contributed by atoms with Gasteiger partial charge < -0.3 is 5.32 Å². The predicted molar refractivity (Wildman–Crippen MR) is 82.4 cm³/mol. The Morgan fingerprint density at radius 3 is 2.40 bits per heavy atom. The van der Waals surface area contributed by atoms with E-state index < -0.39 is 0 Å². The summed E-state index contributed by atoms with van der Waals surface area (Å²) in [5, 5.41) is 8.01. The highest BCUT2D eigenvalue weighted by molar-refractivity contribution is 4.94. The predicted octanol–water partition coefficient (Wildman–Crippen LogP) is 3.55. The third kappa shape index (κ3) is 3.81. The molecule has 1 aromatic rings. The maximum absolute atomic E-state index is 4.38. The van der Waals surface area contributed by atoms with Crippen LogP contribution in [0.5, 0.6) is 0 Å². The minimum atomic E-state index is 0.369. The summed E-state index contributed by atoms with van der Waals surface area (Å²) in [5.41, 5.74) is 0.844. The van der Waals surface area contributed by atoms with Gasteiger partial charge in [0.2, 0.25) is 0 Å². The lowest BCUT2D eigenvalue weighted by molar-refractivity contribution is 0.0840. The van der Waals surface area contributed by atoms with Gasteiger partial charge in [-0.15, -0.1) is 0 Å². The second kappa shape index (κ2) is 5.47. The summed E-state index contributed by atoms with van der Waals surface area (Å²) in [6, 6.07) is 0.944. The van der Waals surface area contributed by atoms with Crippen LogP contribution in [0.15, 0.2) is 6.33 Å². The van der Waals surface area contributed by atoms with Gasteiger partial charge >= 0.3 is 0 Å². The number of aromatic nitrogens is 3. The van der Waals surface area contributed by atoms with Crippen molar-refractivity contribution in [3.05, 3.63) is 12.2 Å². The molecule has 4 heteroatoms. The molecule has 0 bridgehead atoms. The minimum absolute atomic E-state index is 0.369. The lowest BCUT2D eigenvalue weighted by atomic mass is 9.63. The fourth-order valence-electron chi connectivity index (χ4n) is 4.06. The number of hydrogen-bond donors (Lipinski definition) is 1. The molecule has 1 fully saturated rings. The van der Waals surface area contributed by atoms with Crippen LogP contribution in [0.25, 0.3) is 0 Å². The van der Waals surface area contributed by atoms with Crippen LogP contribution in [0.3, 0.4) is 0 Å². The van der Waals surface area contributed by atoms with Crippen LogP contribution in [0.1, 0.15) is 72.7 Å². The average molecular weight is 278 g/mol. The molecular weight excluding hydrogens is 248 g/mol. The van der Waals surface area contributed by atoms with Crippen molar-refractivity contribution in [3.8, 4) is 0 Å². The van der Waals surface area contributed by atoms with Gasteiger partial charge in [0.1, 0.15) is 12.2 Å². The van der Waals surface area contributed by atoms with E-state index in [4.69, 9.17) is 0 Å². The van der Waals surface area contributed by atoms with Crippen molar-refractivity contribution in [3.63, 3.8) is 0 Å². The molecule has 0 radical (unpaired) electrons. The highest BCUT2D eigenvalue weighted by Crippen LogP contribution is 2.45. The lowest BCUT2D eigenvalue weighted by Crippen LogP contribution is -2.43. The zero-order valence-corrected chi connectivity index (χ0v) is 13.9. The molecule has 0 amide bonds. The van der Waals surface area contributed by atoms with Gasteiger partial charge in [-0.25, -0.2) is 9.67 Å². The Morgan fingerprint density at radius 1 is 1.25 bits per heavy atom. The SMILES string of the molecule is CC(C)n1ncnc1CNC1CC(C)(C)CC(C)(C)C1. The van der Waals surface area contributed by atoms with E-state index in [0.717, 1.165) is 12.4 Å². The molecule has 0 unspecified atom stereocenters. The molecule has 2 rings (SSSR count). The van der Waals surface area contributed by atoms with E-state index in [2.05, 4.69) is 56.9 Å². The Labute approximate surface area is 123 Å². The lowest BCUT2D eigenvalue weighted by Gasteiger charge is -2.45. The zero-order chi connectivity index (χ0) is 15.0. The van der Waals surface area contributed by atoms with Crippen molar-refractivity contribution in [1.29, 1.82) is 0 Å². The van der Waals surface area contributed by atoms with Gasteiger partial charge in [0.05, 0.1) is 6.54 Å². The van der Waals surface area contributed by atoms with Crippen molar-refractivity contribution in [1.82, 2.24) is 20.1 Å². The molecular formula is C16H30N4. The van der Waals surface area contributed by atoms with Crippen LogP contribution in [0.2, 0.25) is 0 Å². The molecule has 1 aromatic heterocycles. The van der Waals surface area contributed by atoms with Gasteiger partial charge in [-0.05, 0) is 43.9 Å². The van der Waals surface area contributed by atoms with Crippen LogP contribution in [-0.4, -0.2) is 20.8 Å². The Kier molecular flexibility index (Phi) is 4.24. The largest absolute Gasteiger partial charge is 0.307 e. The van der Waals surface area contributed by atoms with Gasteiger partial charge in [-0.1, -0.05) is 27.7 Å². The van der Waals surface area contributed by atoms with Crippen LogP contribution in [0.4, 0.5) is 0 Å². The highest BCUT2D eigenvalue weighted by Gasteiger charge is 2.38. The first-order valence-electron chi connectivity index (χ1n) is 7.80. The smallest absolute Gasteiger partial charge is 0.141 e. The molecule has 1 N–H and O–H groups in total. The summed E-state index contributed by atoms with van der Waals surface area (Å²) in [6.07, 6.45) is 5.45. The molecule has 1 aliphatic carbocycles. The van der Waals surface area contributed by atoms with Crippen molar-refractivity contribution in [2.75, 3.05) is 0 Å². The molecule has 0 aliphatic heterocycles. The molecule has 114 valence electrons. The van der Waals surface area contributed by atoms with Crippen LogP contribution < -0.4 is 5.32 Å². The van der Waals surface area contributed by atoms with E-state index in [0.29, 0.717) is 22.9 Å². The van der Waals surface area contributed by atoms with Gasteiger partial charge in [-0.2, -0.15) is 5.10 Å². The molecule has 0 atom stereocenters. The standard InChI is InChI=1S/C16H30N4/c1-12(2)20-14(18-11-19-20)9-17-13-7-15(3,4)10-16(5,6)8-13/h11-13,17H,7-10H2,1-6H3. The number of nitrogens with zero attached hydrogens (tertiary/aromatic N) is 3. The van der Waals surface area contributed by atoms with Crippen LogP contribution >= 0.6 is 0 Å². The molecule has 0 spiro atoms. The third-order valence-corrected chi connectivity index (χ3v) is 4.24. The first kappa shape index (κ1) is 15.5. The first-order chi connectivity index (χ1) is 9.19. The summed E-state index contributed by atoms with van der Waals surface area (Å²) in [7, 11) is 0. The third-order valence-electron chi connectivity index (χ3n) is 4.24. The number of nitrogens with one attached hydrogen (secondary N) is 1. The monoisotopic (exact) mass is 278 g/mol. The van der Waals surface area contributed by atoms with Crippen molar-refractivity contribution in [2.24, 2.45) is 10.8 Å². The Hall–Kier alpha value is -0.900. The maximum Gasteiger partial charge on any atom is 0.141 e. The second-order valence-electron chi connectivity index (χ2n) is 8.21. The van der Waals surface area contributed by atoms with E-state index in [1.807, 2.05) is 4.68 Å². The van der Waals surface area contributed by atoms with Gasteiger partial charge in [0.25, 0.3) is 0 Å². The Bertz CT molecular complexity index is 429. The molecule has 1 aliphatic rings. The average Bonchev–Trinajstić information content (AvgIpc) is 2.69. The number of hydrogen-bond acceptors (Lipinski definition) is 3. The minimum Gasteiger partial charge on any atom is -0.307 e. The van der Waals surface area contributed by atoms with E-state index in [9.17, 15) is 0 Å². The fourth-order valence-corrected chi connectivity index (χ4v) is 4.06. The maximum atomic E-state index is 4.38. The molecule has 1 saturated carbocycles. The van der Waals surface area contributed by atoms with Gasteiger partial charge in [0.15, 0.2) is 0 Å². The second-order valence-corrected chi connectivity index (χ2v) is 8.21. The van der Waals surface area contributed by atoms with E-state index in [1.165, 1.54) is 19.3 Å². The quantitative estimate of drug-likeness (QED) is 0.916. The molecule has 0 saturated heterocycles. The van der Waals surface area contributed by atoms with E-state index in [-0.39, 0.29) is 0 Å². The molecule has 4 nitrogen and oxygen atoms in total. The summed E-state index contributed by atoms with van der Waals surface area (Å²) in [6.45, 7) is 14.7. The zero-order valence-electron chi connectivity index (χ0n) is 13.9. The summed E-state index contributed by atoms with van der Waals surface area (Å²) in [4.78, 5) is 4.38. The summed E-state index contributed by atoms with van der Waals surface area (Å²) >= 11 is 0. The molecule has 1 heterocycles. The van der Waals surface area contributed by atoms with Crippen molar-refractivity contribution >= 4 is 0 Å². The van der Waals surface area contributed by atoms with Gasteiger partial charge in [-0.3, -0.25) is 0 Å². The van der Waals surface area contributed by atoms with Crippen molar-refractivity contribution < 1.29 is 0 Å². The molecule has 0 aromatic carbocycles. The highest BCUT2D eigenvalue weighted by atomic mass is 15.4. The first-order valence-corrected chi connectivity index (χ1v) is 7.80. The molecule has 20 heavy (non-hydrogen) atoms. The topological polar surface area (TPSA) is 42.7 Å². The summed E-state index contributed by atoms with van der Waals surface area (Å²) in [5.74, 6) is 1.04. The van der Waals surface area contributed by atoms with E-state index >= 15 is 0 Å². The summed E-state index contributed by atoms with van der Waals surface area (Å²) < 4.78 is 2.01. The normalized spacial score (nSPS) is 22.4. The van der Waals surface area contributed by atoms with Crippen LogP contribution in [0, 0.1) is 10.8 Å². The van der Waals surface area contributed by atoms with Crippen LogP contribution in [-0.2, 0) is 6.54 Å². The van der Waals surface area contributed by atoms with Gasteiger partial charge in [0, 0.05) is 12.1 Å². The Balaban J connectivity index is 1.98.